The first-order valence-corrected chi connectivity index (χ1v) is 12.5. The molecule has 2 N–H and O–H groups in total. The highest BCUT2D eigenvalue weighted by molar-refractivity contribution is 6.80. The summed E-state index contributed by atoms with van der Waals surface area (Å²) in [6.07, 6.45) is 13.5. The van der Waals surface area contributed by atoms with Crippen molar-refractivity contribution < 1.29 is 4.65 Å². The van der Waals surface area contributed by atoms with Crippen molar-refractivity contribution in [1.29, 1.82) is 0 Å². The van der Waals surface area contributed by atoms with E-state index in [2.05, 4.69) is 59.2 Å². The summed E-state index contributed by atoms with van der Waals surface area (Å²) in [5.41, 5.74) is 5.29. The lowest BCUT2D eigenvalue weighted by Gasteiger charge is -2.25. The third kappa shape index (κ3) is 6.22. The highest BCUT2D eigenvalue weighted by Crippen LogP contribution is 2.19. The standard InChI is InChI=1S/C27H39BN2O/c1-31-28(26-18-10-8-12-22(26)20-29-24-14-4-2-5-15-24)27-19-11-9-13-23(27)21-30-25-16-6-3-7-17-25/h8-13,18-19,24-25,29-30H,2-7,14-17,20-21H2,1H3. The van der Waals surface area contributed by atoms with Gasteiger partial charge in [-0.2, -0.15) is 0 Å². The van der Waals surface area contributed by atoms with Crippen LogP contribution in [0.1, 0.15) is 75.3 Å². The molecule has 2 aromatic rings. The molecule has 0 unspecified atom stereocenters. The Morgan fingerprint density at radius 3 is 1.52 bits per heavy atom. The molecule has 0 saturated heterocycles. The van der Waals surface area contributed by atoms with Gasteiger partial charge in [0.05, 0.1) is 0 Å². The maximum absolute atomic E-state index is 6.13. The van der Waals surface area contributed by atoms with E-state index in [4.69, 9.17) is 4.65 Å². The molecule has 4 rings (SSSR count). The summed E-state index contributed by atoms with van der Waals surface area (Å²) in [5, 5.41) is 7.65. The Balaban J connectivity index is 1.49. The molecule has 0 amide bonds. The van der Waals surface area contributed by atoms with Gasteiger partial charge in [0.15, 0.2) is 0 Å². The fraction of sp³-hybridized carbons (Fsp3) is 0.556. The van der Waals surface area contributed by atoms with Gasteiger partial charge in [-0.15, -0.1) is 0 Å². The summed E-state index contributed by atoms with van der Waals surface area (Å²) in [6.45, 7) is 1.81. The zero-order valence-electron chi connectivity index (χ0n) is 19.2. The molecule has 2 fully saturated rings. The predicted molar refractivity (Wildman–Crippen MR) is 132 cm³/mol. The van der Waals surface area contributed by atoms with Gasteiger partial charge in [0, 0.05) is 32.3 Å². The van der Waals surface area contributed by atoms with Crippen molar-refractivity contribution in [3.05, 3.63) is 59.7 Å². The van der Waals surface area contributed by atoms with Crippen LogP contribution in [-0.2, 0) is 17.7 Å². The van der Waals surface area contributed by atoms with Crippen LogP contribution in [0.3, 0.4) is 0 Å². The van der Waals surface area contributed by atoms with Gasteiger partial charge in [-0.3, -0.25) is 0 Å². The molecule has 166 valence electrons. The van der Waals surface area contributed by atoms with Crippen molar-refractivity contribution in [2.24, 2.45) is 0 Å². The molecule has 31 heavy (non-hydrogen) atoms. The van der Waals surface area contributed by atoms with Crippen molar-refractivity contribution in [3.8, 4) is 0 Å². The zero-order chi connectivity index (χ0) is 21.3. The molecule has 0 heterocycles. The number of hydrogen-bond acceptors (Lipinski definition) is 3. The summed E-state index contributed by atoms with van der Waals surface area (Å²) in [5.74, 6) is 0. The molecule has 0 radical (unpaired) electrons. The third-order valence-electron chi connectivity index (χ3n) is 7.28. The van der Waals surface area contributed by atoms with Crippen LogP contribution in [0.15, 0.2) is 48.5 Å². The molecule has 0 aromatic heterocycles. The summed E-state index contributed by atoms with van der Waals surface area (Å²) in [4.78, 5) is 0. The maximum atomic E-state index is 6.13. The molecule has 0 spiro atoms. The molecular weight excluding hydrogens is 379 g/mol. The minimum Gasteiger partial charge on any atom is -0.430 e. The molecule has 0 atom stereocenters. The van der Waals surface area contributed by atoms with Crippen LogP contribution in [-0.4, -0.2) is 26.1 Å². The number of nitrogens with one attached hydrogen (secondary N) is 2. The highest BCUT2D eigenvalue weighted by atomic mass is 16.4. The van der Waals surface area contributed by atoms with E-state index in [1.54, 1.807) is 0 Å². The first-order valence-electron chi connectivity index (χ1n) is 12.5. The fourth-order valence-corrected chi connectivity index (χ4v) is 5.45. The van der Waals surface area contributed by atoms with E-state index < -0.39 is 0 Å². The second-order valence-corrected chi connectivity index (χ2v) is 9.45. The van der Waals surface area contributed by atoms with Gasteiger partial charge in [0.1, 0.15) is 0 Å². The van der Waals surface area contributed by atoms with Gasteiger partial charge < -0.3 is 15.3 Å². The SMILES string of the molecule is COB(c1ccccc1CNC1CCCCC1)c1ccccc1CNC1CCCCC1. The van der Waals surface area contributed by atoms with Crippen LogP contribution in [0.25, 0.3) is 0 Å². The Hall–Kier alpha value is -1.62. The molecule has 3 nitrogen and oxygen atoms in total. The topological polar surface area (TPSA) is 33.3 Å². The van der Waals surface area contributed by atoms with Gasteiger partial charge in [-0.1, -0.05) is 87.1 Å². The molecular formula is C27H39BN2O. The van der Waals surface area contributed by atoms with E-state index in [0.29, 0.717) is 12.1 Å². The monoisotopic (exact) mass is 418 g/mol. The Morgan fingerprint density at radius 2 is 1.10 bits per heavy atom. The minimum atomic E-state index is -0.0336. The lowest BCUT2D eigenvalue weighted by molar-refractivity contribution is 0.372. The van der Waals surface area contributed by atoms with Gasteiger partial charge in [-0.25, -0.2) is 0 Å². The number of hydrogen-bond donors (Lipinski definition) is 2. The van der Waals surface area contributed by atoms with Crippen molar-refractivity contribution >= 4 is 17.8 Å². The zero-order valence-corrected chi connectivity index (χ0v) is 19.2. The third-order valence-corrected chi connectivity index (χ3v) is 7.28. The van der Waals surface area contributed by atoms with Gasteiger partial charge >= 0.3 is 6.92 Å². The van der Waals surface area contributed by atoms with Gasteiger partial charge in [0.2, 0.25) is 0 Å². The molecule has 2 aliphatic rings. The Bertz CT molecular complexity index is 734. The van der Waals surface area contributed by atoms with E-state index in [-0.39, 0.29) is 6.92 Å². The molecule has 0 bridgehead atoms. The smallest absolute Gasteiger partial charge is 0.362 e. The quantitative estimate of drug-likeness (QED) is 0.597. The summed E-state index contributed by atoms with van der Waals surface area (Å²) < 4.78 is 6.13. The molecule has 2 aromatic carbocycles. The van der Waals surface area contributed by atoms with Gasteiger partial charge in [-0.05, 0) is 47.7 Å². The van der Waals surface area contributed by atoms with Crippen LogP contribution in [0.5, 0.6) is 0 Å². The Kier molecular flexibility index (Phi) is 8.63. The van der Waals surface area contributed by atoms with Crippen LogP contribution in [0.2, 0.25) is 0 Å². The second kappa shape index (κ2) is 11.8. The van der Waals surface area contributed by atoms with Crippen molar-refractivity contribution in [2.75, 3.05) is 7.11 Å². The van der Waals surface area contributed by atoms with E-state index in [1.807, 2.05) is 7.11 Å². The summed E-state index contributed by atoms with van der Waals surface area (Å²) in [6, 6.07) is 19.0. The molecule has 2 saturated carbocycles. The van der Waals surface area contributed by atoms with E-state index in [9.17, 15) is 0 Å². The molecule has 4 heteroatoms. The maximum Gasteiger partial charge on any atom is 0.362 e. The van der Waals surface area contributed by atoms with E-state index in [0.717, 1.165) is 13.1 Å². The number of rotatable bonds is 9. The summed E-state index contributed by atoms with van der Waals surface area (Å²) >= 11 is 0. The first kappa shape index (κ1) is 22.6. The molecule has 0 aliphatic heterocycles. The fourth-order valence-electron chi connectivity index (χ4n) is 5.45. The van der Waals surface area contributed by atoms with Crippen LogP contribution >= 0.6 is 0 Å². The minimum absolute atomic E-state index is 0.0336. The lowest BCUT2D eigenvalue weighted by atomic mass is 9.53. The highest BCUT2D eigenvalue weighted by Gasteiger charge is 2.26. The average molecular weight is 418 g/mol. The van der Waals surface area contributed by atoms with Crippen LogP contribution in [0.4, 0.5) is 0 Å². The normalized spacial score (nSPS) is 18.2. The first-order chi connectivity index (χ1) is 15.3. The van der Waals surface area contributed by atoms with E-state index >= 15 is 0 Å². The average Bonchev–Trinajstić information content (AvgIpc) is 2.84. The summed E-state index contributed by atoms with van der Waals surface area (Å²) in [7, 11) is 1.85. The Labute approximate surface area is 189 Å². The van der Waals surface area contributed by atoms with Crippen molar-refractivity contribution in [3.63, 3.8) is 0 Å². The van der Waals surface area contributed by atoms with Crippen LogP contribution in [0, 0.1) is 0 Å². The molecule has 2 aliphatic carbocycles. The lowest BCUT2D eigenvalue weighted by Crippen LogP contribution is -2.49. The van der Waals surface area contributed by atoms with Crippen molar-refractivity contribution in [1.82, 2.24) is 10.6 Å². The van der Waals surface area contributed by atoms with Crippen molar-refractivity contribution in [2.45, 2.75) is 89.4 Å². The van der Waals surface area contributed by atoms with E-state index in [1.165, 1.54) is 86.3 Å². The van der Waals surface area contributed by atoms with Crippen LogP contribution < -0.4 is 21.6 Å². The number of benzene rings is 2. The van der Waals surface area contributed by atoms with Gasteiger partial charge in [0.25, 0.3) is 0 Å². The second-order valence-electron chi connectivity index (χ2n) is 9.45. The predicted octanol–water partition coefficient (Wildman–Crippen LogP) is 4.28. The Morgan fingerprint density at radius 1 is 0.677 bits per heavy atom. The largest absolute Gasteiger partial charge is 0.430 e.